The van der Waals surface area contributed by atoms with Crippen molar-refractivity contribution in [1.29, 1.82) is 0 Å². The van der Waals surface area contributed by atoms with Gasteiger partial charge in [-0.2, -0.15) is 0 Å². The summed E-state index contributed by atoms with van der Waals surface area (Å²) >= 11 is 0.572. The summed E-state index contributed by atoms with van der Waals surface area (Å²) in [5, 5.41) is 0. The van der Waals surface area contributed by atoms with Gasteiger partial charge in [0.25, 0.3) is 0 Å². The van der Waals surface area contributed by atoms with Crippen molar-refractivity contribution in [2.24, 2.45) is 0 Å². The molecule has 5 heavy (non-hydrogen) atoms. The van der Waals surface area contributed by atoms with Gasteiger partial charge in [0.2, 0.25) is 0 Å². The van der Waals surface area contributed by atoms with Crippen LogP contribution in [0.15, 0.2) is 22.3 Å². The van der Waals surface area contributed by atoms with Crippen LogP contribution in [0.1, 0.15) is 0 Å². The first kappa shape index (κ1) is 5.14. The molecular weight excluding hydrogens is 154 g/mol. The monoisotopic (exact) mass is 160 g/mol. The topological polar surface area (TPSA) is 0 Å². The van der Waals surface area contributed by atoms with Gasteiger partial charge in [-0.25, -0.2) is 0 Å². The van der Waals surface area contributed by atoms with Crippen molar-refractivity contribution < 1.29 is 18.0 Å². The molecule has 0 spiro atoms. The fourth-order valence-corrected chi connectivity index (χ4v) is 0.312. The normalized spacial score (nSPS) is 7.20. The molecule has 0 N–H and O–H groups in total. The van der Waals surface area contributed by atoms with Gasteiger partial charge in [0.05, 0.1) is 0 Å². The van der Waals surface area contributed by atoms with E-state index in [2.05, 4.69) is 13.2 Å². The molecule has 0 aliphatic carbocycles. The van der Waals surface area contributed by atoms with E-state index in [-0.39, 0.29) is 0 Å². The van der Waals surface area contributed by atoms with E-state index in [1.165, 1.54) is 0 Å². The van der Waals surface area contributed by atoms with Gasteiger partial charge in [0, 0.05) is 0 Å². The predicted molar refractivity (Wildman–Crippen MR) is 20.4 cm³/mol. The molecule has 32 valence electrons. The van der Waals surface area contributed by atoms with Crippen LogP contribution in [0.2, 0.25) is 0 Å². The average Bonchev–Trinajstić information content (AvgIpc) is 1.41. The van der Waals surface area contributed by atoms with E-state index in [4.69, 9.17) is 0 Å². The van der Waals surface area contributed by atoms with Gasteiger partial charge in [-0.3, -0.25) is 0 Å². The second-order valence-corrected chi connectivity index (χ2v) is 2.15. The van der Waals surface area contributed by atoms with Crippen LogP contribution in [0.25, 0.3) is 0 Å². The van der Waals surface area contributed by atoms with E-state index >= 15 is 0 Å². The van der Waals surface area contributed by atoms with E-state index in [1.807, 2.05) is 9.10 Å². The average molecular weight is 161 g/mol. The zero-order valence-corrected chi connectivity index (χ0v) is 4.44. The first-order chi connectivity index (χ1) is 2.41. The molecule has 0 aliphatic heterocycles. The fourth-order valence-electron chi connectivity index (χ4n) is 0.0527. The minimum absolute atomic E-state index is 0.572. The van der Waals surface area contributed by atoms with Gasteiger partial charge < -0.3 is 0 Å². The molecule has 0 rings (SSSR count). The molecule has 0 saturated heterocycles. The number of hydrogen-bond donors (Lipinski definition) is 0. The minimum atomic E-state index is 0.572. The third-order valence-corrected chi connectivity index (χ3v) is 0.882. The van der Waals surface area contributed by atoms with E-state index in [1.54, 1.807) is 0 Å². The zero-order valence-electron chi connectivity index (χ0n) is 2.89. The quantitative estimate of drug-likeness (QED) is 0.535. The first-order valence-corrected chi connectivity index (χ1v) is 2.98. The SMILES string of the molecule is C=[CH][Pd][CH]=C. The molecule has 0 fully saturated rings. The Morgan fingerprint density at radius 3 is 1.60 bits per heavy atom. The van der Waals surface area contributed by atoms with E-state index in [0.29, 0.717) is 18.0 Å². The molecule has 0 atom stereocenters. The second kappa shape index (κ2) is 4.14. The van der Waals surface area contributed by atoms with Gasteiger partial charge in [-0.1, -0.05) is 0 Å². The van der Waals surface area contributed by atoms with Crippen molar-refractivity contribution in [3.63, 3.8) is 0 Å². The van der Waals surface area contributed by atoms with Crippen molar-refractivity contribution in [2.75, 3.05) is 0 Å². The summed E-state index contributed by atoms with van der Waals surface area (Å²) < 4.78 is 3.72. The molecule has 0 aromatic heterocycles. The molecule has 0 nitrogen and oxygen atoms in total. The van der Waals surface area contributed by atoms with Crippen LogP contribution >= 0.6 is 0 Å². The van der Waals surface area contributed by atoms with Crippen molar-refractivity contribution >= 4 is 0 Å². The molecule has 0 aromatic carbocycles. The third kappa shape index (κ3) is 4.14. The number of hydrogen-bond acceptors (Lipinski definition) is 0. The molecule has 0 radical (unpaired) electrons. The van der Waals surface area contributed by atoms with Crippen LogP contribution in [-0.2, 0) is 18.0 Å². The summed E-state index contributed by atoms with van der Waals surface area (Å²) in [5.41, 5.74) is 0. The predicted octanol–water partition coefficient (Wildman–Crippen LogP) is 1.36. The molecule has 0 saturated carbocycles. The van der Waals surface area contributed by atoms with Gasteiger partial charge in [-0.05, 0) is 0 Å². The van der Waals surface area contributed by atoms with Crippen LogP contribution in [-0.4, -0.2) is 0 Å². The van der Waals surface area contributed by atoms with Gasteiger partial charge >= 0.3 is 40.2 Å². The molecule has 0 aliphatic rings. The Morgan fingerprint density at radius 2 is 1.60 bits per heavy atom. The molecule has 0 heterocycles. The summed E-state index contributed by atoms with van der Waals surface area (Å²) in [6.45, 7) is 7.00. The van der Waals surface area contributed by atoms with Crippen LogP contribution in [0.5, 0.6) is 0 Å². The van der Waals surface area contributed by atoms with E-state index in [0.717, 1.165) is 0 Å². The summed E-state index contributed by atoms with van der Waals surface area (Å²) in [6.07, 6.45) is 0. The maximum atomic E-state index is 3.50. The summed E-state index contributed by atoms with van der Waals surface area (Å²) in [5.74, 6) is 0. The fraction of sp³-hybridized carbons (Fsp3) is 0. The molecule has 0 bridgehead atoms. The summed E-state index contributed by atoms with van der Waals surface area (Å²) in [4.78, 5) is 0. The van der Waals surface area contributed by atoms with Crippen molar-refractivity contribution in [1.82, 2.24) is 0 Å². The van der Waals surface area contributed by atoms with E-state index in [9.17, 15) is 0 Å². The van der Waals surface area contributed by atoms with Gasteiger partial charge in [0.15, 0.2) is 0 Å². The Balaban J connectivity index is 2.65. The Bertz CT molecular complexity index is 32.9. The molecule has 0 amide bonds. The third-order valence-electron chi connectivity index (χ3n) is 0.149. The number of rotatable bonds is 2. The van der Waals surface area contributed by atoms with Gasteiger partial charge in [-0.15, -0.1) is 0 Å². The molecule has 0 unspecified atom stereocenters. The zero-order chi connectivity index (χ0) is 4.12. The van der Waals surface area contributed by atoms with Crippen LogP contribution in [0.3, 0.4) is 0 Å². The second-order valence-electron chi connectivity index (χ2n) is 0.364. The van der Waals surface area contributed by atoms with Crippen LogP contribution < -0.4 is 0 Å². The van der Waals surface area contributed by atoms with Crippen molar-refractivity contribution in [3.05, 3.63) is 22.3 Å². The standard InChI is InChI=1S/2C2H3.Pd/c2*1-2;/h2*1H,2H2;. The molecular formula is C4H6Pd. The Kier molecular flexibility index (Phi) is 4.26. The Hall–Kier alpha value is 0.142. The van der Waals surface area contributed by atoms with Crippen molar-refractivity contribution in [3.8, 4) is 0 Å². The first-order valence-electron chi connectivity index (χ1n) is 1.18. The van der Waals surface area contributed by atoms with Crippen molar-refractivity contribution in [2.45, 2.75) is 0 Å². The Labute approximate surface area is 40.7 Å². The van der Waals surface area contributed by atoms with Crippen LogP contribution in [0, 0.1) is 0 Å². The maximum absolute atomic E-state index is 3.50. The molecule has 1 heteroatoms. The van der Waals surface area contributed by atoms with Gasteiger partial charge in [0.1, 0.15) is 0 Å². The summed E-state index contributed by atoms with van der Waals surface area (Å²) in [7, 11) is 0. The molecule has 0 aromatic rings. The van der Waals surface area contributed by atoms with E-state index < -0.39 is 0 Å². The summed E-state index contributed by atoms with van der Waals surface area (Å²) in [6, 6.07) is 0. The Morgan fingerprint density at radius 1 is 1.20 bits per heavy atom. The van der Waals surface area contributed by atoms with Crippen LogP contribution in [0.4, 0.5) is 0 Å².